The van der Waals surface area contributed by atoms with E-state index < -0.39 is 7.59 Å². The van der Waals surface area contributed by atoms with Crippen LogP contribution in [-0.2, 0) is 6.42 Å². The first-order chi connectivity index (χ1) is 6.52. The molecule has 0 bridgehead atoms. The van der Waals surface area contributed by atoms with E-state index in [-0.39, 0.29) is 8.31 Å². The number of hydrogen-bond acceptors (Lipinski definition) is 0. The molecule has 0 N–H and O–H groups in total. The van der Waals surface area contributed by atoms with Crippen LogP contribution in [-0.4, -0.2) is 15.9 Å². The minimum atomic E-state index is -0.862. The number of hydrogen-bond donors (Lipinski definition) is 0. The van der Waals surface area contributed by atoms with Gasteiger partial charge in [-0.2, -0.15) is 0 Å². The first kappa shape index (κ1) is 11.7. The third-order valence-electron chi connectivity index (χ3n) is 3.24. The number of rotatable bonds is 4. The Kier molecular flexibility index (Phi) is 4.14. The molecule has 1 radical (unpaired) electrons. The van der Waals surface area contributed by atoms with Gasteiger partial charge in [0.1, 0.15) is 0 Å². The summed E-state index contributed by atoms with van der Waals surface area (Å²) in [6.07, 6.45) is 1.29. The zero-order valence-electron chi connectivity index (χ0n) is 9.80. The summed E-state index contributed by atoms with van der Waals surface area (Å²) in [4.78, 5) is 0. The van der Waals surface area contributed by atoms with Gasteiger partial charge in [0, 0.05) is 15.9 Å². The Morgan fingerprint density at radius 1 is 1.07 bits per heavy atom. The van der Waals surface area contributed by atoms with Crippen molar-refractivity contribution in [2.45, 2.75) is 38.7 Å². The van der Waals surface area contributed by atoms with E-state index in [1.807, 2.05) is 0 Å². The third-order valence-corrected chi connectivity index (χ3v) is 16.3. The van der Waals surface area contributed by atoms with Crippen molar-refractivity contribution in [3.05, 3.63) is 35.9 Å². The zero-order chi connectivity index (χ0) is 10.6. The van der Waals surface area contributed by atoms with Gasteiger partial charge < -0.3 is 0 Å². The summed E-state index contributed by atoms with van der Waals surface area (Å²) < 4.78 is 0. The quantitative estimate of drug-likeness (QED) is 0.679. The Labute approximate surface area is 90.8 Å². The molecule has 0 aromatic heterocycles. The van der Waals surface area contributed by atoms with E-state index in [0.29, 0.717) is 0 Å². The van der Waals surface area contributed by atoms with Gasteiger partial charge in [-0.25, -0.2) is 0 Å². The Morgan fingerprint density at radius 3 is 2.14 bits per heavy atom. The number of aryl methyl sites for hydroxylation is 1. The highest BCUT2D eigenvalue weighted by molar-refractivity contribution is 7.31. The van der Waals surface area contributed by atoms with Gasteiger partial charge in [0.15, 0.2) is 0 Å². The van der Waals surface area contributed by atoms with Crippen molar-refractivity contribution in [3.63, 3.8) is 0 Å². The Balaban J connectivity index is 2.49. The summed E-state index contributed by atoms with van der Waals surface area (Å²) in [6, 6.07) is 12.4. The van der Waals surface area contributed by atoms with Gasteiger partial charge in [-0.1, -0.05) is 62.6 Å². The van der Waals surface area contributed by atoms with Gasteiger partial charge in [0.05, 0.1) is 0 Å². The van der Waals surface area contributed by atoms with Crippen LogP contribution < -0.4 is 0 Å². The topological polar surface area (TPSA) is 0 Å². The second-order valence-electron chi connectivity index (χ2n) is 4.87. The molecule has 0 saturated heterocycles. The van der Waals surface area contributed by atoms with Crippen molar-refractivity contribution in [1.82, 2.24) is 0 Å². The minimum absolute atomic E-state index is 0.0415. The molecule has 0 aliphatic heterocycles. The molecule has 1 aromatic carbocycles. The van der Waals surface area contributed by atoms with Crippen LogP contribution in [0.4, 0.5) is 0 Å². The molecule has 77 valence electrons. The van der Waals surface area contributed by atoms with Crippen LogP contribution in [0.25, 0.3) is 0 Å². The summed E-state index contributed by atoms with van der Waals surface area (Å²) in [5.74, 6) is 0. The van der Waals surface area contributed by atoms with Crippen molar-refractivity contribution >= 4 is 15.9 Å². The van der Waals surface area contributed by atoms with Gasteiger partial charge in [-0.3, -0.25) is 0 Å². The Morgan fingerprint density at radius 2 is 1.64 bits per heavy atom. The largest absolute Gasteiger partial charge is 0.0733 e. The summed E-state index contributed by atoms with van der Waals surface area (Å²) in [6.45, 7) is 10.0. The molecular formula is C12H21Si2. The van der Waals surface area contributed by atoms with Crippen LogP contribution in [0.5, 0.6) is 0 Å². The molecule has 0 nitrogen and oxygen atoms in total. The highest BCUT2D eigenvalue weighted by atomic mass is 29.2. The SMILES string of the molecule is C[Si](C)[Si](C)(C)CCc1ccccc1. The molecule has 0 aliphatic rings. The van der Waals surface area contributed by atoms with Gasteiger partial charge in [0.25, 0.3) is 0 Å². The van der Waals surface area contributed by atoms with Gasteiger partial charge in [0.2, 0.25) is 0 Å². The van der Waals surface area contributed by atoms with Crippen molar-refractivity contribution in [2.75, 3.05) is 0 Å². The third kappa shape index (κ3) is 3.42. The zero-order valence-corrected chi connectivity index (χ0v) is 11.8. The van der Waals surface area contributed by atoms with E-state index in [9.17, 15) is 0 Å². The molecule has 0 spiro atoms. The van der Waals surface area contributed by atoms with Crippen LogP contribution in [0.15, 0.2) is 30.3 Å². The van der Waals surface area contributed by atoms with Gasteiger partial charge in [-0.15, -0.1) is 0 Å². The molecule has 0 amide bonds. The molecule has 1 rings (SSSR count). The molecule has 0 aliphatic carbocycles. The summed E-state index contributed by atoms with van der Waals surface area (Å²) in [5.41, 5.74) is 1.51. The minimum Gasteiger partial charge on any atom is -0.0733 e. The maximum atomic E-state index is 2.55. The van der Waals surface area contributed by atoms with Crippen LogP contribution in [0, 0.1) is 0 Å². The highest BCUT2D eigenvalue weighted by Gasteiger charge is 2.25. The Hall–Kier alpha value is -0.346. The van der Waals surface area contributed by atoms with Crippen LogP contribution in [0.2, 0.25) is 32.2 Å². The normalized spacial score (nSPS) is 12.1. The van der Waals surface area contributed by atoms with E-state index in [2.05, 4.69) is 56.5 Å². The lowest BCUT2D eigenvalue weighted by Crippen LogP contribution is -2.41. The van der Waals surface area contributed by atoms with Crippen molar-refractivity contribution < 1.29 is 0 Å². The maximum absolute atomic E-state index is 2.55. The first-order valence-electron chi connectivity index (χ1n) is 5.37. The fraction of sp³-hybridized carbons (Fsp3) is 0.500. The lowest BCUT2D eigenvalue weighted by molar-refractivity contribution is 1.10. The number of benzene rings is 1. The molecule has 0 saturated carbocycles. The predicted molar refractivity (Wildman–Crippen MR) is 69.9 cm³/mol. The van der Waals surface area contributed by atoms with Gasteiger partial charge >= 0.3 is 0 Å². The van der Waals surface area contributed by atoms with Crippen LogP contribution >= 0.6 is 0 Å². The van der Waals surface area contributed by atoms with Crippen LogP contribution in [0.3, 0.4) is 0 Å². The molecule has 0 unspecified atom stereocenters. The Bertz CT molecular complexity index is 265. The standard InChI is InChI=1S/C12H21Si2/c1-13(2)14(3,4)11-10-12-8-6-5-7-9-12/h5-9H,10-11H2,1-4H3. The van der Waals surface area contributed by atoms with Gasteiger partial charge in [-0.05, 0) is 12.0 Å². The summed E-state index contributed by atoms with van der Waals surface area (Å²) >= 11 is 0. The average Bonchev–Trinajstić information content (AvgIpc) is 2.16. The van der Waals surface area contributed by atoms with E-state index in [1.54, 1.807) is 0 Å². The first-order valence-corrected chi connectivity index (χ1v) is 12.1. The molecule has 0 fully saturated rings. The second kappa shape index (κ2) is 4.94. The smallest absolute Gasteiger partial charge is 0.0387 e. The summed E-state index contributed by atoms with van der Waals surface area (Å²) in [7, 11) is -0.903. The molecule has 0 atom stereocenters. The molecule has 14 heavy (non-hydrogen) atoms. The molecule has 2 heteroatoms. The average molecular weight is 221 g/mol. The molecule has 0 heterocycles. The fourth-order valence-corrected chi connectivity index (χ4v) is 4.64. The fourth-order valence-electron chi connectivity index (χ4n) is 1.35. The second-order valence-corrected chi connectivity index (χ2v) is 18.2. The highest BCUT2D eigenvalue weighted by Crippen LogP contribution is 2.16. The maximum Gasteiger partial charge on any atom is 0.0387 e. The van der Waals surface area contributed by atoms with E-state index in [0.717, 1.165) is 0 Å². The predicted octanol–water partition coefficient (Wildman–Crippen LogP) is 3.77. The van der Waals surface area contributed by atoms with Crippen molar-refractivity contribution in [3.8, 4) is 0 Å². The summed E-state index contributed by atoms with van der Waals surface area (Å²) in [5, 5.41) is 0. The lowest BCUT2D eigenvalue weighted by Gasteiger charge is -2.25. The van der Waals surface area contributed by atoms with E-state index in [1.165, 1.54) is 18.0 Å². The lowest BCUT2D eigenvalue weighted by atomic mass is 10.2. The van der Waals surface area contributed by atoms with E-state index >= 15 is 0 Å². The van der Waals surface area contributed by atoms with Crippen LogP contribution in [0.1, 0.15) is 5.56 Å². The monoisotopic (exact) mass is 221 g/mol. The molecule has 1 aromatic rings. The van der Waals surface area contributed by atoms with Crippen molar-refractivity contribution in [2.24, 2.45) is 0 Å². The van der Waals surface area contributed by atoms with E-state index in [4.69, 9.17) is 0 Å². The molecular weight excluding hydrogens is 200 g/mol. The van der Waals surface area contributed by atoms with Crippen molar-refractivity contribution in [1.29, 1.82) is 0 Å².